The molecule has 1 unspecified atom stereocenters. The van der Waals surface area contributed by atoms with Gasteiger partial charge in [-0.2, -0.15) is 0 Å². The highest BCUT2D eigenvalue weighted by molar-refractivity contribution is 4.72. The normalized spacial score (nSPS) is 18.4. The average molecular weight is 215 g/mol. The molecule has 1 rings (SSSR count). The van der Waals surface area contributed by atoms with Gasteiger partial charge >= 0.3 is 0 Å². The summed E-state index contributed by atoms with van der Waals surface area (Å²) in [6, 6.07) is 0.611. The summed E-state index contributed by atoms with van der Waals surface area (Å²) in [4.78, 5) is 0. The van der Waals surface area contributed by atoms with Gasteiger partial charge in [-0.25, -0.2) is 0 Å². The molecule has 1 saturated carbocycles. The van der Waals surface area contributed by atoms with Crippen molar-refractivity contribution < 1.29 is 9.84 Å². The molecule has 0 aliphatic heterocycles. The molecule has 15 heavy (non-hydrogen) atoms. The van der Waals surface area contributed by atoms with E-state index in [2.05, 4.69) is 19.2 Å². The third-order valence-electron chi connectivity index (χ3n) is 2.77. The maximum Gasteiger partial charge on any atom is 0.0585 e. The molecule has 0 aromatic carbocycles. The van der Waals surface area contributed by atoms with E-state index in [1.165, 1.54) is 19.3 Å². The topological polar surface area (TPSA) is 41.5 Å². The standard InChI is InChI=1S/C12H25NO2/c1-10(2)13-12(9-14)6-8-15-7-5-11-3-4-11/h10-14H,3-9H2,1-2H3. The molecule has 1 aliphatic rings. The number of aliphatic hydroxyl groups is 1. The van der Waals surface area contributed by atoms with Crippen LogP contribution in [0.15, 0.2) is 0 Å². The summed E-state index contributed by atoms with van der Waals surface area (Å²) in [6.45, 7) is 6.04. The highest BCUT2D eigenvalue weighted by Crippen LogP contribution is 2.32. The molecule has 0 radical (unpaired) electrons. The molecule has 1 aliphatic carbocycles. The van der Waals surface area contributed by atoms with Gasteiger partial charge in [-0.05, 0) is 18.8 Å². The van der Waals surface area contributed by atoms with Crippen LogP contribution in [0.2, 0.25) is 0 Å². The summed E-state index contributed by atoms with van der Waals surface area (Å²) in [5.41, 5.74) is 0. The second-order valence-corrected chi connectivity index (χ2v) is 4.83. The van der Waals surface area contributed by atoms with Crippen molar-refractivity contribution in [2.45, 2.75) is 51.6 Å². The zero-order valence-electron chi connectivity index (χ0n) is 10.0. The van der Waals surface area contributed by atoms with E-state index in [-0.39, 0.29) is 12.6 Å². The first-order chi connectivity index (χ1) is 7.22. The molecule has 2 N–H and O–H groups in total. The van der Waals surface area contributed by atoms with Gasteiger partial charge in [0.15, 0.2) is 0 Å². The third-order valence-corrected chi connectivity index (χ3v) is 2.77. The zero-order chi connectivity index (χ0) is 11.1. The predicted octanol–water partition coefficient (Wildman–Crippen LogP) is 1.55. The highest BCUT2D eigenvalue weighted by Gasteiger charge is 2.20. The minimum Gasteiger partial charge on any atom is -0.395 e. The zero-order valence-corrected chi connectivity index (χ0v) is 10.0. The molecule has 0 aromatic rings. The van der Waals surface area contributed by atoms with E-state index in [0.29, 0.717) is 6.04 Å². The van der Waals surface area contributed by atoms with Crippen LogP contribution < -0.4 is 5.32 Å². The lowest BCUT2D eigenvalue weighted by atomic mass is 10.2. The van der Waals surface area contributed by atoms with Gasteiger partial charge in [-0.15, -0.1) is 0 Å². The Kier molecular flexibility index (Phi) is 6.22. The summed E-state index contributed by atoms with van der Waals surface area (Å²) in [7, 11) is 0. The van der Waals surface area contributed by atoms with Crippen LogP contribution >= 0.6 is 0 Å². The maximum absolute atomic E-state index is 9.11. The highest BCUT2D eigenvalue weighted by atomic mass is 16.5. The fraction of sp³-hybridized carbons (Fsp3) is 1.00. The lowest BCUT2D eigenvalue weighted by Gasteiger charge is -2.18. The van der Waals surface area contributed by atoms with E-state index in [4.69, 9.17) is 9.84 Å². The molecular weight excluding hydrogens is 190 g/mol. The van der Waals surface area contributed by atoms with Crippen molar-refractivity contribution in [3.8, 4) is 0 Å². The first-order valence-corrected chi connectivity index (χ1v) is 6.17. The Morgan fingerprint density at radius 1 is 1.33 bits per heavy atom. The number of ether oxygens (including phenoxy) is 1. The van der Waals surface area contributed by atoms with Gasteiger partial charge in [0.1, 0.15) is 0 Å². The van der Waals surface area contributed by atoms with E-state index < -0.39 is 0 Å². The molecule has 0 spiro atoms. The predicted molar refractivity (Wildman–Crippen MR) is 61.9 cm³/mol. The Bertz CT molecular complexity index is 158. The summed E-state index contributed by atoms with van der Waals surface area (Å²) in [5, 5.41) is 12.4. The van der Waals surface area contributed by atoms with E-state index in [9.17, 15) is 0 Å². The van der Waals surface area contributed by atoms with Crippen molar-refractivity contribution in [1.82, 2.24) is 5.32 Å². The van der Waals surface area contributed by atoms with Gasteiger partial charge in [0.25, 0.3) is 0 Å². The molecule has 0 aromatic heterocycles. The van der Waals surface area contributed by atoms with Crippen LogP contribution in [0.5, 0.6) is 0 Å². The number of hydrogen-bond acceptors (Lipinski definition) is 3. The maximum atomic E-state index is 9.11. The quantitative estimate of drug-likeness (QED) is 0.573. The van der Waals surface area contributed by atoms with Crippen LogP contribution in [0.4, 0.5) is 0 Å². The molecule has 0 bridgehead atoms. The van der Waals surface area contributed by atoms with Crippen LogP contribution in [0, 0.1) is 5.92 Å². The molecule has 90 valence electrons. The first-order valence-electron chi connectivity index (χ1n) is 6.17. The lowest BCUT2D eigenvalue weighted by Crippen LogP contribution is -2.38. The van der Waals surface area contributed by atoms with Crippen LogP contribution in [-0.2, 0) is 4.74 Å². The van der Waals surface area contributed by atoms with Crippen LogP contribution in [0.1, 0.15) is 39.5 Å². The van der Waals surface area contributed by atoms with Crippen LogP contribution in [0.25, 0.3) is 0 Å². The smallest absolute Gasteiger partial charge is 0.0585 e. The molecule has 1 atom stereocenters. The largest absolute Gasteiger partial charge is 0.395 e. The summed E-state index contributed by atoms with van der Waals surface area (Å²) in [5.74, 6) is 0.951. The van der Waals surface area contributed by atoms with E-state index in [1.807, 2.05) is 0 Å². The molecule has 0 heterocycles. The molecular formula is C12H25NO2. The van der Waals surface area contributed by atoms with Gasteiger partial charge in [0.05, 0.1) is 6.61 Å². The van der Waals surface area contributed by atoms with Gasteiger partial charge in [0, 0.05) is 25.3 Å². The minimum absolute atomic E-state index is 0.186. The number of hydrogen-bond donors (Lipinski definition) is 2. The molecule has 1 fully saturated rings. The molecule has 0 amide bonds. The summed E-state index contributed by atoms with van der Waals surface area (Å²) < 4.78 is 5.55. The number of nitrogens with one attached hydrogen (secondary N) is 1. The average Bonchev–Trinajstić information content (AvgIpc) is 2.98. The third kappa shape index (κ3) is 6.88. The Balaban J connectivity index is 1.90. The Morgan fingerprint density at radius 3 is 2.60 bits per heavy atom. The van der Waals surface area contributed by atoms with Crippen molar-refractivity contribution >= 4 is 0 Å². The second kappa shape index (κ2) is 7.20. The number of aliphatic hydroxyl groups excluding tert-OH is 1. The lowest BCUT2D eigenvalue weighted by molar-refractivity contribution is 0.108. The fourth-order valence-corrected chi connectivity index (χ4v) is 1.68. The number of rotatable bonds is 9. The Hall–Kier alpha value is -0.120. The van der Waals surface area contributed by atoms with Gasteiger partial charge in [-0.1, -0.05) is 26.7 Å². The van der Waals surface area contributed by atoms with Gasteiger partial charge in [-0.3, -0.25) is 0 Å². The SMILES string of the molecule is CC(C)NC(CO)CCOCCC1CC1. The van der Waals surface area contributed by atoms with Crippen LogP contribution in [-0.4, -0.2) is 37.0 Å². The van der Waals surface area contributed by atoms with Crippen molar-refractivity contribution in [2.75, 3.05) is 19.8 Å². The van der Waals surface area contributed by atoms with E-state index >= 15 is 0 Å². The minimum atomic E-state index is 0.186. The van der Waals surface area contributed by atoms with E-state index in [1.54, 1.807) is 0 Å². The van der Waals surface area contributed by atoms with Gasteiger partial charge in [0.2, 0.25) is 0 Å². The van der Waals surface area contributed by atoms with Crippen molar-refractivity contribution in [2.24, 2.45) is 5.92 Å². The van der Waals surface area contributed by atoms with Crippen LogP contribution in [0.3, 0.4) is 0 Å². The second-order valence-electron chi connectivity index (χ2n) is 4.83. The summed E-state index contributed by atoms with van der Waals surface area (Å²) >= 11 is 0. The summed E-state index contributed by atoms with van der Waals surface area (Å²) in [6.07, 6.45) is 4.93. The molecule has 0 saturated heterocycles. The Morgan fingerprint density at radius 2 is 2.07 bits per heavy atom. The van der Waals surface area contributed by atoms with Crippen molar-refractivity contribution in [3.05, 3.63) is 0 Å². The van der Waals surface area contributed by atoms with Gasteiger partial charge < -0.3 is 15.2 Å². The van der Waals surface area contributed by atoms with Crippen molar-refractivity contribution in [3.63, 3.8) is 0 Å². The molecule has 3 nitrogen and oxygen atoms in total. The molecule has 3 heteroatoms. The van der Waals surface area contributed by atoms with Crippen molar-refractivity contribution in [1.29, 1.82) is 0 Å². The fourth-order valence-electron chi connectivity index (χ4n) is 1.68. The first kappa shape index (κ1) is 12.9. The Labute approximate surface area is 93.2 Å². The van der Waals surface area contributed by atoms with E-state index in [0.717, 1.165) is 25.6 Å². The monoisotopic (exact) mass is 215 g/mol.